The van der Waals surface area contributed by atoms with E-state index < -0.39 is 5.60 Å². The highest BCUT2D eigenvalue weighted by Gasteiger charge is 2.32. The number of piperidine rings is 1. The minimum absolute atomic E-state index is 0.159. The first-order valence-corrected chi connectivity index (χ1v) is 9.19. The Morgan fingerprint density at radius 1 is 1.35 bits per heavy atom. The minimum Gasteiger partial charge on any atom is -0.444 e. The SMILES string of the molecule is CC1CC(NC(=O)OC(C)(C)C)CCN1c1nc(C2CC2)ns1. The van der Waals surface area contributed by atoms with Crippen LogP contribution < -0.4 is 10.2 Å². The highest BCUT2D eigenvalue weighted by molar-refractivity contribution is 7.09. The number of hydrogen-bond donors (Lipinski definition) is 1. The van der Waals surface area contributed by atoms with E-state index in [0.29, 0.717) is 12.0 Å². The summed E-state index contributed by atoms with van der Waals surface area (Å²) in [6.45, 7) is 8.71. The third kappa shape index (κ3) is 4.34. The van der Waals surface area contributed by atoms with E-state index in [1.54, 1.807) is 0 Å². The molecule has 2 aliphatic rings. The first-order valence-electron chi connectivity index (χ1n) is 8.41. The summed E-state index contributed by atoms with van der Waals surface area (Å²) in [5.74, 6) is 1.62. The molecule has 2 fully saturated rings. The third-order valence-corrected chi connectivity index (χ3v) is 4.98. The topological polar surface area (TPSA) is 67.3 Å². The number of nitrogens with one attached hydrogen (secondary N) is 1. The number of nitrogens with zero attached hydrogens (tertiary/aromatic N) is 3. The summed E-state index contributed by atoms with van der Waals surface area (Å²) >= 11 is 1.50. The van der Waals surface area contributed by atoms with Crippen molar-refractivity contribution in [2.45, 2.75) is 77.0 Å². The number of rotatable bonds is 3. The number of aromatic nitrogens is 2. The summed E-state index contributed by atoms with van der Waals surface area (Å²) in [6, 6.07) is 0.496. The van der Waals surface area contributed by atoms with Gasteiger partial charge < -0.3 is 15.0 Å². The van der Waals surface area contributed by atoms with Crippen molar-refractivity contribution in [3.8, 4) is 0 Å². The summed E-state index contributed by atoms with van der Waals surface area (Å²) in [6.07, 6.45) is 3.94. The van der Waals surface area contributed by atoms with E-state index in [4.69, 9.17) is 9.72 Å². The lowest BCUT2D eigenvalue weighted by molar-refractivity contribution is 0.0494. The molecule has 0 bridgehead atoms. The fourth-order valence-electron chi connectivity index (χ4n) is 2.91. The molecule has 0 aromatic carbocycles. The summed E-state index contributed by atoms with van der Waals surface area (Å²) < 4.78 is 9.83. The highest BCUT2D eigenvalue weighted by Crippen LogP contribution is 2.40. The van der Waals surface area contributed by atoms with Crippen LogP contribution in [0.5, 0.6) is 0 Å². The molecule has 7 heteroatoms. The van der Waals surface area contributed by atoms with Gasteiger partial charge in [-0.3, -0.25) is 0 Å². The van der Waals surface area contributed by atoms with E-state index in [1.165, 1.54) is 24.4 Å². The molecule has 2 atom stereocenters. The quantitative estimate of drug-likeness (QED) is 0.916. The van der Waals surface area contributed by atoms with Crippen LogP contribution in [0.1, 0.15) is 65.1 Å². The average Bonchev–Trinajstić information content (AvgIpc) is 3.15. The van der Waals surface area contributed by atoms with Gasteiger partial charge in [0.2, 0.25) is 5.13 Å². The smallest absolute Gasteiger partial charge is 0.407 e. The summed E-state index contributed by atoms with van der Waals surface area (Å²) in [5, 5.41) is 4.01. The molecule has 1 aliphatic carbocycles. The zero-order chi connectivity index (χ0) is 16.6. The molecule has 3 rings (SSSR count). The molecule has 0 radical (unpaired) electrons. The maximum atomic E-state index is 11.9. The van der Waals surface area contributed by atoms with Crippen molar-refractivity contribution in [2.75, 3.05) is 11.4 Å². The van der Waals surface area contributed by atoms with Crippen LogP contribution in [0.3, 0.4) is 0 Å². The van der Waals surface area contributed by atoms with Gasteiger partial charge in [-0.2, -0.15) is 4.37 Å². The van der Waals surface area contributed by atoms with Crippen molar-refractivity contribution < 1.29 is 9.53 Å². The second-order valence-electron chi connectivity index (χ2n) is 7.62. The Kier molecular flexibility index (Phi) is 4.49. The molecule has 1 amide bonds. The lowest BCUT2D eigenvalue weighted by Crippen LogP contribution is -2.49. The molecule has 1 saturated heterocycles. The van der Waals surface area contributed by atoms with Gasteiger partial charge in [0.05, 0.1) is 0 Å². The summed E-state index contributed by atoms with van der Waals surface area (Å²) in [7, 11) is 0. The molecular formula is C16H26N4O2S. The summed E-state index contributed by atoms with van der Waals surface area (Å²) in [4.78, 5) is 18.9. The molecule has 128 valence electrons. The van der Waals surface area contributed by atoms with E-state index in [0.717, 1.165) is 30.3 Å². The molecule has 1 N–H and O–H groups in total. The van der Waals surface area contributed by atoms with Crippen LogP contribution >= 0.6 is 11.5 Å². The molecule has 1 aromatic heterocycles. The Morgan fingerprint density at radius 3 is 2.70 bits per heavy atom. The van der Waals surface area contributed by atoms with Crippen LogP contribution in [0.15, 0.2) is 0 Å². The molecule has 23 heavy (non-hydrogen) atoms. The second kappa shape index (κ2) is 6.26. The molecule has 2 unspecified atom stereocenters. The monoisotopic (exact) mass is 338 g/mol. The maximum Gasteiger partial charge on any atom is 0.407 e. The van der Waals surface area contributed by atoms with Crippen LogP contribution in [0, 0.1) is 0 Å². The standard InChI is InChI=1S/C16H26N4O2S/c1-10-9-12(17-15(21)22-16(2,3)4)7-8-20(10)14-18-13(19-23-14)11-5-6-11/h10-12H,5-9H2,1-4H3,(H,17,21). The Morgan fingerprint density at radius 2 is 2.09 bits per heavy atom. The molecular weight excluding hydrogens is 312 g/mol. The predicted molar refractivity (Wildman–Crippen MR) is 91.1 cm³/mol. The molecule has 2 heterocycles. The zero-order valence-corrected chi connectivity index (χ0v) is 15.2. The van der Waals surface area contributed by atoms with Crippen molar-refractivity contribution in [1.29, 1.82) is 0 Å². The lowest BCUT2D eigenvalue weighted by Gasteiger charge is -2.37. The van der Waals surface area contributed by atoms with Crippen molar-refractivity contribution in [2.24, 2.45) is 0 Å². The Hall–Kier alpha value is -1.37. The first kappa shape index (κ1) is 16.5. The van der Waals surface area contributed by atoms with Crippen LogP contribution in [0.25, 0.3) is 0 Å². The van der Waals surface area contributed by atoms with Gasteiger partial charge in [0, 0.05) is 36.1 Å². The van der Waals surface area contributed by atoms with Gasteiger partial charge in [-0.05, 0) is 53.4 Å². The number of hydrogen-bond acceptors (Lipinski definition) is 6. The van der Waals surface area contributed by atoms with Crippen LogP contribution in [0.4, 0.5) is 9.93 Å². The maximum absolute atomic E-state index is 11.9. The minimum atomic E-state index is -0.456. The Bertz CT molecular complexity index is 565. The zero-order valence-electron chi connectivity index (χ0n) is 14.3. The first-order chi connectivity index (χ1) is 10.8. The van der Waals surface area contributed by atoms with E-state index in [-0.39, 0.29) is 12.1 Å². The van der Waals surface area contributed by atoms with Gasteiger partial charge in [-0.25, -0.2) is 9.78 Å². The van der Waals surface area contributed by atoms with Crippen molar-refractivity contribution in [3.05, 3.63) is 5.82 Å². The lowest BCUT2D eigenvalue weighted by atomic mass is 9.99. The van der Waals surface area contributed by atoms with E-state index in [1.807, 2.05) is 20.8 Å². The van der Waals surface area contributed by atoms with Gasteiger partial charge in [-0.1, -0.05) is 0 Å². The highest BCUT2D eigenvalue weighted by atomic mass is 32.1. The number of carbonyl (C=O) groups is 1. The van der Waals surface area contributed by atoms with Crippen molar-refractivity contribution in [3.63, 3.8) is 0 Å². The van der Waals surface area contributed by atoms with Crippen LogP contribution in [-0.4, -0.2) is 39.7 Å². The van der Waals surface area contributed by atoms with E-state index in [9.17, 15) is 4.79 Å². The Balaban J connectivity index is 1.53. The fourth-order valence-corrected chi connectivity index (χ4v) is 3.79. The third-order valence-electron chi connectivity index (χ3n) is 4.22. The molecule has 0 spiro atoms. The molecule has 1 aliphatic heterocycles. The van der Waals surface area contributed by atoms with Gasteiger partial charge in [-0.15, -0.1) is 0 Å². The van der Waals surface area contributed by atoms with Gasteiger partial charge in [0.1, 0.15) is 11.4 Å². The second-order valence-corrected chi connectivity index (χ2v) is 8.35. The molecule has 1 saturated carbocycles. The van der Waals surface area contributed by atoms with E-state index in [2.05, 4.69) is 21.5 Å². The van der Waals surface area contributed by atoms with Crippen molar-refractivity contribution in [1.82, 2.24) is 14.7 Å². The fraction of sp³-hybridized carbons (Fsp3) is 0.812. The van der Waals surface area contributed by atoms with Crippen molar-refractivity contribution >= 4 is 22.8 Å². The molecule has 1 aromatic rings. The number of anilines is 1. The number of alkyl carbamates (subject to hydrolysis) is 1. The normalized spacial score (nSPS) is 25.3. The van der Waals surface area contributed by atoms with Gasteiger partial charge >= 0.3 is 6.09 Å². The Labute approximate surface area is 141 Å². The van der Waals surface area contributed by atoms with Gasteiger partial charge in [0.25, 0.3) is 0 Å². The predicted octanol–water partition coefficient (Wildman–Crippen LogP) is 3.30. The number of amides is 1. The summed E-state index contributed by atoms with van der Waals surface area (Å²) in [5.41, 5.74) is -0.456. The van der Waals surface area contributed by atoms with Gasteiger partial charge in [0.15, 0.2) is 0 Å². The molecule has 6 nitrogen and oxygen atoms in total. The van der Waals surface area contributed by atoms with Crippen LogP contribution in [-0.2, 0) is 4.74 Å². The largest absolute Gasteiger partial charge is 0.444 e. The van der Waals surface area contributed by atoms with Crippen LogP contribution in [0.2, 0.25) is 0 Å². The number of carbonyl (C=O) groups excluding carboxylic acids is 1. The van der Waals surface area contributed by atoms with E-state index >= 15 is 0 Å². The average molecular weight is 338 g/mol. The number of ether oxygens (including phenoxy) is 1.